The first-order valence-electron chi connectivity index (χ1n) is 5.87. The van der Waals surface area contributed by atoms with Gasteiger partial charge in [-0.2, -0.15) is 0 Å². The summed E-state index contributed by atoms with van der Waals surface area (Å²) in [5.41, 5.74) is -0.410. The van der Waals surface area contributed by atoms with Crippen molar-refractivity contribution in [2.45, 2.75) is 26.0 Å². The quantitative estimate of drug-likeness (QED) is 0.767. The maximum Gasteiger partial charge on any atom is 0.251 e. The van der Waals surface area contributed by atoms with E-state index in [0.29, 0.717) is 5.56 Å². The normalized spacial score (nSPS) is 18.4. The van der Waals surface area contributed by atoms with Crippen molar-refractivity contribution in [2.24, 2.45) is 0 Å². The van der Waals surface area contributed by atoms with E-state index in [4.69, 9.17) is 5.11 Å². The molecule has 0 aromatic heterocycles. The number of nitrogens with zero attached hydrogens (tertiary/aromatic N) is 1. The first-order chi connectivity index (χ1) is 8.86. The van der Waals surface area contributed by atoms with Gasteiger partial charge in [-0.15, -0.1) is 0 Å². The molecular formula is C13H15FN2O3. The number of rotatable bonds is 2. The number of amides is 2. The molecule has 102 valence electrons. The molecule has 5 nitrogen and oxygen atoms in total. The number of anilines is 1. The number of halogens is 1. The number of benzene rings is 1. The summed E-state index contributed by atoms with van der Waals surface area (Å²) in [6.45, 7) is 2.89. The number of hydrogen-bond donors (Lipinski definition) is 2. The number of carbonyl (C=O) groups excluding carboxylic acids is 2. The first kappa shape index (κ1) is 13.5. The lowest BCUT2D eigenvalue weighted by Gasteiger charge is -2.41. The summed E-state index contributed by atoms with van der Waals surface area (Å²) in [5, 5.41) is 11.2. The molecule has 1 saturated heterocycles. The second kappa shape index (κ2) is 4.62. The first-order valence-corrected chi connectivity index (χ1v) is 5.87. The Hall–Kier alpha value is -1.95. The van der Waals surface area contributed by atoms with E-state index in [0.717, 1.165) is 0 Å². The van der Waals surface area contributed by atoms with Crippen LogP contribution in [-0.2, 0) is 16.2 Å². The van der Waals surface area contributed by atoms with Crippen LogP contribution in [0.25, 0.3) is 0 Å². The molecule has 0 bridgehead atoms. The number of imide groups is 1. The van der Waals surface area contributed by atoms with E-state index in [-0.39, 0.29) is 18.8 Å². The van der Waals surface area contributed by atoms with Crippen molar-refractivity contribution in [1.82, 2.24) is 5.32 Å². The smallest absolute Gasteiger partial charge is 0.251 e. The van der Waals surface area contributed by atoms with Crippen LogP contribution in [0.4, 0.5) is 10.1 Å². The lowest BCUT2D eigenvalue weighted by Crippen LogP contribution is -2.64. The fraction of sp³-hybridized carbons (Fsp3) is 0.385. The minimum Gasteiger partial charge on any atom is -0.392 e. The average molecular weight is 266 g/mol. The molecule has 0 atom stereocenters. The molecule has 0 aliphatic carbocycles. The molecule has 1 aliphatic rings. The second-order valence-corrected chi connectivity index (χ2v) is 4.97. The Bertz CT molecular complexity index is 543. The van der Waals surface area contributed by atoms with Crippen LogP contribution in [0.5, 0.6) is 0 Å². The maximum absolute atomic E-state index is 14.0. The molecule has 2 rings (SSSR count). The highest BCUT2D eigenvalue weighted by Crippen LogP contribution is 2.29. The van der Waals surface area contributed by atoms with E-state index in [2.05, 4.69) is 5.32 Å². The fourth-order valence-corrected chi connectivity index (χ4v) is 2.04. The molecule has 19 heavy (non-hydrogen) atoms. The van der Waals surface area contributed by atoms with Crippen molar-refractivity contribution < 1.29 is 19.1 Å². The van der Waals surface area contributed by atoms with Crippen LogP contribution in [0.15, 0.2) is 18.2 Å². The van der Waals surface area contributed by atoms with Gasteiger partial charge in [0.15, 0.2) is 0 Å². The summed E-state index contributed by atoms with van der Waals surface area (Å²) >= 11 is 0. The third-order valence-corrected chi connectivity index (χ3v) is 3.27. The van der Waals surface area contributed by atoms with E-state index in [1.54, 1.807) is 19.9 Å². The van der Waals surface area contributed by atoms with Crippen LogP contribution in [0.1, 0.15) is 19.4 Å². The van der Waals surface area contributed by atoms with Crippen LogP contribution in [0, 0.1) is 5.82 Å². The fourth-order valence-electron chi connectivity index (χ4n) is 2.04. The van der Waals surface area contributed by atoms with Gasteiger partial charge in [0.1, 0.15) is 11.4 Å². The van der Waals surface area contributed by atoms with Crippen molar-refractivity contribution in [1.29, 1.82) is 0 Å². The molecule has 6 heteroatoms. The number of hydrogen-bond acceptors (Lipinski definition) is 4. The molecule has 2 amide bonds. The molecule has 0 radical (unpaired) electrons. The molecule has 1 aromatic rings. The third kappa shape index (κ3) is 2.31. The largest absolute Gasteiger partial charge is 0.392 e. The monoisotopic (exact) mass is 266 g/mol. The highest BCUT2D eigenvalue weighted by molar-refractivity contribution is 6.06. The van der Waals surface area contributed by atoms with Gasteiger partial charge < -0.3 is 10.0 Å². The molecule has 0 saturated carbocycles. The Balaban J connectivity index is 2.44. The second-order valence-electron chi connectivity index (χ2n) is 4.97. The summed E-state index contributed by atoms with van der Waals surface area (Å²) < 4.78 is 14.0. The molecule has 1 heterocycles. The number of aliphatic hydroxyl groups is 1. The van der Waals surface area contributed by atoms with Crippen LogP contribution < -0.4 is 10.2 Å². The molecule has 2 N–H and O–H groups in total. The summed E-state index contributed by atoms with van der Waals surface area (Å²) in [6, 6.07) is 4.22. The van der Waals surface area contributed by atoms with Gasteiger partial charge in [0.05, 0.1) is 18.8 Å². The van der Waals surface area contributed by atoms with Gasteiger partial charge in [-0.1, -0.05) is 6.07 Å². The number of nitrogens with one attached hydrogen (secondary N) is 1. The summed E-state index contributed by atoms with van der Waals surface area (Å²) in [7, 11) is 0. The van der Waals surface area contributed by atoms with Gasteiger partial charge in [0.2, 0.25) is 5.91 Å². The van der Waals surface area contributed by atoms with E-state index in [1.807, 2.05) is 0 Å². The molecule has 1 aromatic carbocycles. The summed E-state index contributed by atoms with van der Waals surface area (Å²) in [6.07, 6.45) is 0. The Kier molecular flexibility index (Phi) is 3.28. The van der Waals surface area contributed by atoms with Crippen LogP contribution in [0.3, 0.4) is 0 Å². The van der Waals surface area contributed by atoms with Crippen LogP contribution in [-0.4, -0.2) is 29.0 Å². The Labute approximate surface area is 110 Å². The third-order valence-electron chi connectivity index (χ3n) is 3.27. The Morgan fingerprint density at radius 2 is 2.11 bits per heavy atom. The summed E-state index contributed by atoms with van der Waals surface area (Å²) in [4.78, 5) is 24.7. The van der Waals surface area contributed by atoms with Crippen molar-refractivity contribution in [3.8, 4) is 0 Å². The number of piperazine rings is 1. The van der Waals surface area contributed by atoms with E-state index >= 15 is 0 Å². The van der Waals surface area contributed by atoms with Crippen LogP contribution in [0.2, 0.25) is 0 Å². The zero-order valence-corrected chi connectivity index (χ0v) is 10.7. The van der Waals surface area contributed by atoms with Gasteiger partial charge >= 0.3 is 0 Å². The van der Waals surface area contributed by atoms with Crippen LogP contribution >= 0.6 is 0 Å². The van der Waals surface area contributed by atoms with Crippen molar-refractivity contribution >= 4 is 17.5 Å². The average Bonchev–Trinajstić information content (AvgIpc) is 2.34. The molecule has 1 aliphatic heterocycles. The highest BCUT2D eigenvalue weighted by atomic mass is 19.1. The van der Waals surface area contributed by atoms with Gasteiger partial charge in [0, 0.05) is 0 Å². The van der Waals surface area contributed by atoms with Gasteiger partial charge in [-0.05, 0) is 31.5 Å². The molecule has 1 fully saturated rings. The van der Waals surface area contributed by atoms with Crippen molar-refractivity contribution in [2.75, 3.05) is 11.4 Å². The lowest BCUT2D eigenvalue weighted by atomic mass is 9.97. The van der Waals surface area contributed by atoms with E-state index < -0.39 is 23.2 Å². The predicted molar refractivity (Wildman–Crippen MR) is 66.9 cm³/mol. The molecule has 0 unspecified atom stereocenters. The van der Waals surface area contributed by atoms with Crippen molar-refractivity contribution in [3.05, 3.63) is 29.6 Å². The minimum absolute atomic E-state index is 0.0892. The maximum atomic E-state index is 14.0. The SMILES string of the molecule is CC1(C)C(=O)NC(=O)CN1c1ccc(CO)cc1F. The van der Waals surface area contributed by atoms with Gasteiger partial charge in [-0.25, -0.2) is 4.39 Å². The van der Waals surface area contributed by atoms with Crippen molar-refractivity contribution in [3.63, 3.8) is 0 Å². The molecular weight excluding hydrogens is 251 g/mol. The standard InChI is InChI=1S/C13H15FN2O3/c1-13(2)12(19)15-11(18)6-16(13)10-4-3-8(7-17)5-9(10)14/h3-5,17H,6-7H2,1-2H3,(H,15,18,19). The zero-order chi connectivity index (χ0) is 14.2. The topological polar surface area (TPSA) is 69.6 Å². The zero-order valence-electron chi connectivity index (χ0n) is 10.7. The number of aliphatic hydroxyl groups excluding tert-OH is 1. The van der Waals surface area contributed by atoms with Gasteiger partial charge in [0.25, 0.3) is 5.91 Å². The Morgan fingerprint density at radius 1 is 1.42 bits per heavy atom. The lowest BCUT2D eigenvalue weighted by molar-refractivity contribution is -0.135. The summed E-state index contributed by atoms with van der Waals surface area (Å²) in [5.74, 6) is -1.49. The van der Waals surface area contributed by atoms with E-state index in [1.165, 1.54) is 17.0 Å². The predicted octanol–water partition coefficient (Wildman–Crippen LogP) is 0.559. The minimum atomic E-state index is -1.02. The van der Waals surface area contributed by atoms with Gasteiger partial charge in [-0.3, -0.25) is 14.9 Å². The number of carbonyl (C=O) groups is 2. The highest BCUT2D eigenvalue weighted by Gasteiger charge is 2.41. The molecule has 0 spiro atoms. The van der Waals surface area contributed by atoms with E-state index in [9.17, 15) is 14.0 Å². The Morgan fingerprint density at radius 3 is 2.68 bits per heavy atom.